The van der Waals surface area contributed by atoms with E-state index >= 15 is 0 Å². The Labute approximate surface area is 145 Å². The molecule has 2 aromatic carbocycles. The molecule has 1 aromatic heterocycles. The molecule has 0 spiro atoms. The highest BCUT2D eigenvalue weighted by Crippen LogP contribution is 2.31. The number of aromatic nitrogens is 2. The predicted octanol–water partition coefficient (Wildman–Crippen LogP) is 3.00. The highest BCUT2D eigenvalue weighted by molar-refractivity contribution is 5.97. The summed E-state index contributed by atoms with van der Waals surface area (Å²) in [6, 6.07) is 11.3. The zero-order valence-electron chi connectivity index (χ0n) is 14.0. The number of rotatable bonds is 4. The molecule has 0 fully saturated rings. The van der Waals surface area contributed by atoms with Gasteiger partial charge in [0.1, 0.15) is 13.2 Å². The molecule has 0 bridgehead atoms. The molecule has 128 valence electrons. The molecule has 0 unspecified atom stereocenters. The second-order valence-corrected chi connectivity index (χ2v) is 5.93. The first-order chi connectivity index (χ1) is 12.2. The lowest BCUT2D eigenvalue weighted by molar-refractivity contribution is 0.0752. The van der Waals surface area contributed by atoms with E-state index in [0.29, 0.717) is 31.9 Å². The molecule has 2 heterocycles. The molecule has 1 aliphatic rings. The van der Waals surface area contributed by atoms with Crippen LogP contribution in [-0.2, 0) is 6.54 Å². The van der Waals surface area contributed by atoms with Crippen LogP contribution < -0.4 is 9.47 Å². The number of nitrogens with zero attached hydrogens (tertiary/aromatic N) is 2. The van der Waals surface area contributed by atoms with Crippen molar-refractivity contribution < 1.29 is 14.3 Å². The van der Waals surface area contributed by atoms with Crippen LogP contribution in [0, 0.1) is 0 Å². The van der Waals surface area contributed by atoms with Gasteiger partial charge in [-0.3, -0.25) is 4.79 Å². The first kappa shape index (κ1) is 15.5. The molecule has 4 rings (SSSR count). The van der Waals surface area contributed by atoms with Gasteiger partial charge in [-0.1, -0.05) is 6.07 Å². The number of hydrogen-bond donors (Lipinski definition) is 1. The van der Waals surface area contributed by atoms with E-state index in [1.165, 1.54) is 0 Å². The van der Waals surface area contributed by atoms with Gasteiger partial charge >= 0.3 is 0 Å². The van der Waals surface area contributed by atoms with Gasteiger partial charge in [-0.15, -0.1) is 0 Å². The molecule has 0 radical (unpaired) electrons. The van der Waals surface area contributed by atoms with Crippen molar-refractivity contribution in [1.82, 2.24) is 14.9 Å². The van der Waals surface area contributed by atoms with E-state index in [0.717, 1.165) is 28.1 Å². The number of ether oxygens (including phenoxy) is 2. The lowest BCUT2D eigenvalue weighted by Crippen LogP contribution is -2.30. The van der Waals surface area contributed by atoms with E-state index in [1.54, 1.807) is 6.33 Å². The number of hydrogen-bond acceptors (Lipinski definition) is 4. The summed E-state index contributed by atoms with van der Waals surface area (Å²) in [4.78, 5) is 21.9. The van der Waals surface area contributed by atoms with Crippen molar-refractivity contribution in [3.05, 3.63) is 53.9 Å². The lowest BCUT2D eigenvalue weighted by atomic mass is 10.1. The monoisotopic (exact) mass is 337 g/mol. The van der Waals surface area contributed by atoms with E-state index in [4.69, 9.17) is 9.47 Å². The normalized spacial score (nSPS) is 13.0. The number of carbonyl (C=O) groups excluding carboxylic acids is 1. The Kier molecular flexibility index (Phi) is 4.01. The van der Waals surface area contributed by atoms with Crippen LogP contribution in [0.25, 0.3) is 11.0 Å². The lowest BCUT2D eigenvalue weighted by Gasteiger charge is -2.23. The third-order valence-electron chi connectivity index (χ3n) is 4.32. The van der Waals surface area contributed by atoms with Crippen LogP contribution in [0.2, 0.25) is 0 Å². The molecule has 3 aromatic rings. The van der Waals surface area contributed by atoms with Gasteiger partial charge in [0.25, 0.3) is 5.91 Å². The Morgan fingerprint density at radius 2 is 2.00 bits per heavy atom. The van der Waals surface area contributed by atoms with Gasteiger partial charge < -0.3 is 19.4 Å². The van der Waals surface area contributed by atoms with Crippen LogP contribution in [0.15, 0.2) is 42.7 Å². The number of aromatic amines is 1. The number of imidazole rings is 1. The van der Waals surface area contributed by atoms with Crippen molar-refractivity contribution in [2.75, 3.05) is 19.8 Å². The van der Waals surface area contributed by atoms with Gasteiger partial charge in [-0.25, -0.2) is 4.98 Å². The largest absolute Gasteiger partial charge is 0.486 e. The third kappa shape index (κ3) is 3.03. The van der Waals surface area contributed by atoms with E-state index in [-0.39, 0.29) is 5.91 Å². The highest BCUT2D eigenvalue weighted by Gasteiger charge is 2.17. The van der Waals surface area contributed by atoms with E-state index < -0.39 is 0 Å². The summed E-state index contributed by atoms with van der Waals surface area (Å²) in [6.07, 6.45) is 1.63. The number of nitrogens with one attached hydrogen (secondary N) is 1. The average molecular weight is 337 g/mol. The van der Waals surface area contributed by atoms with Gasteiger partial charge in [0, 0.05) is 18.7 Å². The van der Waals surface area contributed by atoms with Gasteiger partial charge in [0.15, 0.2) is 11.5 Å². The summed E-state index contributed by atoms with van der Waals surface area (Å²) >= 11 is 0. The third-order valence-corrected chi connectivity index (χ3v) is 4.32. The van der Waals surface area contributed by atoms with Gasteiger partial charge in [0.05, 0.1) is 17.4 Å². The molecule has 0 saturated carbocycles. The molecular formula is C19H19N3O3. The molecular weight excluding hydrogens is 318 g/mol. The topological polar surface area (TPSA) is 67.5 Å². The average Bonchev–Trinajstić information content (AvgIpc) is 3.13. The number of amides is 1. The summed E-state index contributed by atoms with van der Waals surface area (Å²) in [5.41, 5.74) is 3.38. The minimum Gasteiger partial charge on any atom is -0.486 e. The van der Waals surface area contributed by atoms with Gasteiger partial charge in [0.2, 0.25) is 0 Å². The molecule has 1 aliphatic heterocycles. The summed E-state index contributed by atoms with van der Waals surface area (Å²) in [6.45, 7) is 4.24. The Hall–Kier alpha value is -3.02. The van der Waals surface area contributed by atoms with Crippen molar-refractivity contribution >= 4 is 16.9 Å². The standard InChI is InChI=1S/C19H19N3O3/c1-2-22(11-13-3-6-17-18(9-13)25-8-7-24-17)19(23)14-4-5-15-16(10-14)21-12-20-15/h3-6,9-10,12H,2,7-8,11H2,1H3,(H,20,21). The maximum absolute atomic E-state index is 12.9. The second-order valence-electron chi connectivity index (χ2n) is 5.93. The Morgan fingerprint density at radius 3 is 2.84 bits per heavy atom. The Bertz CT molecular complexity index is 919. The zero-order valence-corrected chi connectivity index (χ0v) is 14.0. The van der Waals surface area contributed by atoms with Crippen LogP contribution in [0.1, 0.15) is 22.8 Å². The first-order valence-corrected chi connectivity index (χ1v) is 8.35. The number of H-pyrrole nitrogens is 1. The van der Waals surface area contributed by atoms with Crippen LogP contribution in [0.3, 0.4) is 0 Å². The summed E-state index contributed by atoms with van der Waals surface area (Å²) in [5, 5.41) is 0. The fourth-order valence-electron chi connectivity index (χ4n) is 2.98. The molecule has 6 nitrogen and oxygen atoms in total. The first-order valence-electron chi connectivity index (χ1n) is 8.35. The molecule has 0 saturated heterocycles. The molecule has 1 N–H and O–H groups in total. The van der Waals surface area contributed by atoms with E-state index in [1.807, 2.05) is 48.2 Å². The number of carbonyl (C=O) groups is 1. The summed E-state index contributed by atoms with van der Waals surface area (Å²) < 4.78 is 11.2. The maximum atomic E-state index is 12.9. The van der Waals surface area contributed by atoms with Crippen LogP contribution in [0.5, 0.6) is 11.5 Å². The molecule has 25 heavy (non-hydrogen) atoms. The summed E-state index contributed by atoms with van der Waals surface area (Å²) in [7, 11) is 0. The van der Waals surface area contributed by atoms with Gasteiger partial charge in [-0.05, 0) is 42.8 Å². The number of benzene rings is 2. The SMILES string of the molecule is CCN(Cc1ccc2c(c1)OCCO2)C(=O)c1ccc2nc[nH]c2c1. The van der Waals surface area contributed by atoms with Crippen molar-refractivity contribution in [3.8, 4) is 11.5 Å². The summed E-state index contributed by atoms with van der Waals surface area (Å²) in [5.74, 6) is 1.49. The molecule has 0 atom stereocenters. The van der Waals surface area contributed by atoms with Crippen LogP contribution in [0.4, 0.5) is 0 Å². The van der Waals surface area contributed by atoms with Crippen molar-refractivity contribution in [1.29, 1.82) is 0 Å². The van der Waals surface area contributed by atoms with Gasteiger partial charge in [-0.2, -0.15) is 0 Å². The van der Waals surface area contributed by atoms with E-state index in [2.05, 4.69) is 9.97 Å². The van der Waals surface area contributed by atoms with Crippen molar-refractivity contribution in [2.45, 2.75) is 13.5 Å². The minimum absolute atomic E-state index is 0.00566. The van der Waals surface area contributed by atoms with Crippen LogP contribution >= 0.6 is 0 Å². The van der Waals surface area contributed by atoms with Crippen LogP contribution in [-0.4, -0.2) is 40.5 Å². The maximum Gasteiger partial charge on any atom is 0.254 e. The highest BCUT2D eigenvalue weighted by atomic mass is 16.6. The number of fused-ring (bicyclic) bond motifs is 2. The zero-order chi connectivity index (χ0) is 17.2. The van der Waals surface area contributed by atoms with Crippen molar-refractivity contribution in [3.63, 3.8) is 0 Å². The molecule has 1 amide bonds. The molecule has 0 aliphatic carbocycles. The van der Waals surface area contributed by atoms with E-state index in [9.17, 15) is 4.79 Å². The Balaban J connectivity index is 1.56. The predicted molar refractivity (Wildman–Crippen MR) is 93.9 cm³/mol. The minimum atomic E-state index is -0.00566. The fourth-order valence-corrected chi connectivity index (χ4v) is 2.98. The second kappa shape index (κ2) is 6.47. The quantitative estimate of drug-likeness (QED) is 0.795. The Morgan fingerprint density at radius 1 is 1.16 bits per heavy atom. The van der Waals surface area contributed by atoms with Crippen molar-refractivity contribution in [2.24, 2.45) is 0 Å². The fraction of sp³-hybridized carbons (Fsp3) is 0.263. The molecule has 6 heteroatoms. The smallest absolute Gasteiger partial charge is 0.254 e.